The quantitative estimate of drug-likeness (QED) is 0.833. The van der Waals surface area contributed by atoms with Crippen molar-refractivity contribution in [1.82, 2.24) is 10.3 Å². The van der Waals surface area contributed by atoms with E-state index in [-0.39, 0.29) is 11.8 Å². The normalized spacial score (nSPS) is 19.9. The molecule has 1 aliphatic heterocycles. The van der Waals surface area contributed by atoms with Crippen LogP contribution in [-0.2, 0) is 17.6 Å². The predicted molar refractivity (Wildman–Crippen MR) is 63.4 cm³/mol. The molecule has 0 aromatic carbocycles. The SMILES string of the molecule is CCc1ccc(CC(=O)C2CCCN2)nc1. The Morgan fingerprint density at radius 1 is 1.56 bits per heavy atom. The zero-order valence-corrected chi connectivity index (χ0v) is 9.70. The third kappa shape index (κ3) is 2.67. The Balaban J connectivity index is 1.94. The summed E-state index contributed by atoms with van der Waals surface area (Å²) in [5, 5.41) is 3.22. The van der Waals surface area contributed by atoms with E-state index in [2.05, 4.69) is 23.3 Å². The minimum atomic E-state index is 0.0626. The summed E-state index contributed by atoms with van der Waals surface area (Å²) >= 11 is 0. The van der Waals surface area contributed by atoms with E-state index in [0.717, 1.165) is 31.5 Å². The third-order valence-electron chi connectivity index (χ3n) is 3.10. The number of nitrogens with zero attached hydrogens (tertiary/aromatic N) is 1. The van der Waals surface area contributed by atoms with E-state index in [1.165, 1.54) is 5.56 Å². The average molecular weight is 218 g/mol. The number of aromatic nitrogens is 1. The summed E-state index contributed by atoms with van der Waals surface area (Å²) in [5.41, 5.74) is 2.10. The maximum Gasteiger partial charge on any atom is 0.155 e. The zero-order chi connectivity index (χ0) is 11.4. The van der Waals surface area contributed by atoms with Crippen LogP contribution in [0.25, 0.3) is 0 Å². The first-order chi connectivity index (χ1) is 7.79. The van der Waals surface area contributed by atoms with Gasteiger partial charge in [-0.15, -0.1) is 0 Å². The van der Waals surface area contributed by atoms with E-state index >= 15 is 0 Å². The maximum atomic E-state index is 11.9. The number of aryl methyl sites for hydroxylation is 1. The number of carbonyl (C=O) groups excluding carboxylic acids is 1. The van der Waals surface area contributed by atoms with E-state index in [1.807, 2.05) is 12.3 Å². The lowest BCUT2D eigenvalue weighted by Gasteiger charge is -2.08. The molecule has 0 amide bonds. The topological polar surface area (TPSA) is 42.0 Å². The molecule has 1 aromatic rings. The number of rotatable bonds is 4. The number of hydrogen-bond donors (Lipinski definition) is 1. The molecule has 1 atom stereocenters. The van der Waals surface area contributed by atoms with Gasteiger partial charge in [0.1, 0.15) is 0 Å². The molecule has 1 aliphatic rings. The van der Waals surface area contributed by atoms with Crippen LogP contribution in [-0.4, -0.2) is 23.4 Å². The highest BCUT2D eigenvalue weighted by atomic mass is 16.1. The van der Waals surface area contributed by atoms with Crippen molar-refractivity contribution in [3.8, 4) is 0 Å². The highest BCUT2D eigenvalue weighted by Gasteiger charge is 2.21. The fourth-order valence-corrected chi connectivity index (χ4v) is 2.03. The van der Waals surface area contributed by atoms with Gasteiger partial charge in [0.25, 0.3) is 0 Å². The monoisotopic (exact) mass is 218 g/mol. The molecule has 1 N–H and O–H groups in total. The highest BCUT2D eigenvalue weighted by Crippen LogP contribution is 2.09. The fraction of sp³-hybridized carbons (Fsp3) is 0.538. The molecule has 0 saturated carbocycles. The Morgan fingerprint density at radius 3 is 3.00 bits per heavy atom. The molecule has 0 bridgehead atoms. The minimum Gasteiger partial charge on any atom is -0.307 e. The number of pyridine rings is 1. The van der Waals surface area contributed by atoms with Crippen molar-refractivity contribution in [3.05, 3.63) is 29.6 Å². The second-order valence-electron chi connectivity index (χ2n) is 4.30. The van der Waals surface area contributed by atoms with Crippen LogP contribution in [0.2, 0.25) is 0 Å². The van der Waals surface area contributed by atoms with Gasteiger partial charge in [-0.1, -0.05) is 13.0 Å². The van der Waals surface area contributed by atoms with E-state index in [1.54, 1.807) is 0 Å². The Kier molecular flexibility index (Phi) is 3.67. The van der Waals surface area contributed by atoms with Gasteiger partial charge in [-0.05, 0) is 37.4 Å². The van der Waals surface area contributed by atoms with Gasteiger partial charge in [0, 0.05) is 11.9 Å². The molecule has 2 rings (SSSR count). The van der Waals surface area contributed by atoms with Crippen molar-refractivity contribution in [2.45, 2.75) is 38.6 Å². The van der Waals surface area contributed by atoms with Gasteiger partial charge in [-0.2, -0.15) is 0 Å². The van der Waals surface area contributed by atoms with Gasteiger partial charge in [0.15, 0.2) is 5.78 Å². The summed E-state index contributed by atoms with van der Waals surface area (Å²) in [6, 6.07) is 4.08. The molecule has 0 spiro atoms. The fourth-order valence-electron chi connectivity index (χ4n) is 2.03. The second kappa shape index (κ2) is 5.21. The molecule has 1 aromatic heterocycles. The molecule has 16 heavy (non-hydrogen) atoms. The van der Waals surface area contributed by atoms with Crippen LogP contribution < -0.4 is 5.32 Å². The summed E-state index contributed by atoms with van der Waals surface area (Å²) in [6.45, 7) is 3.07. The number of Topliss-reactive ketones (excluding diaryl/α,β-unsaturated/α-hetero) is 1. The van der Waals surface area contributed by atoms with Gasteiger partial charge in [0.2, 0.25) is 0 Å². The maximum absolute atomic E-state index is 11.9. The second-order valence-corrected chi connectivity index (χ2v) is 4.30. The van der Waals surface area contributed by atoms with Crippen molar-refractivity contribution in [3.63, 3.8) is 0 Å². The van der Waals surface area contributed by atoms with Crippen molar-refractivity contribution >= 4 is 5.78 Å². The molecular formula is C13H18N2O. The van der Waals surface area contributed by atoms with Gasteiger partial charge in [-0.25, -0.2) is 0 Å². The van der Waals surface area contributed by atoms with Crippen molar-refractivity contribution in [1.29, 1.82) is 0 Å². The lowest BCUT2D eigenvalue weighted by molar-refractivity contribution is -0.120. The molecule has 3 heteroatoms. The number of carbonyl (C=O) groups is 1. The van der Waals surface area contributed by atoms with Gasteiger partial charge >= 0.3 is 0 Å². The standard InChI is InChI=1S/C13H18N2O/c1-2-10-5-6-11(15-9-10)8-13(16)12-4-3-7-14-12/h5-6,9,12,14H,2-4,7-8H2,1H3. The zero-order valence-electron chi connectivity index (χ0n) is 9.70. The third-order valence-corrected chi connectivity index (χ3v) is 3.10. The van der Waals surface area contributed by atoms with Crippen molar-refractivity contribution in [2.75, 3.05) is 6.54 Å². The summed E-state index contributed by atoms with van der Waals surface area (Å²) < 4.78 is 0. The summed E-state index contributed by atoms with van der Waals surface area (Å²) in [6.07, 6.45) is 5.41. The van der Waals surface area contributed by atoms with Gasteiger partial charge in [-0.3, -0.25) is 9.78 Å². The van der Waals surface area contributed by atoms with E-state index < -0.39 is 0 Å². The number of hydrogen-bond acceptors (Lipinski definition) is 3. The first kappa shape index (κ1) is 11.3. The van der Waals surface area contributed by atoms with E-state index in [9.17, 15) is 4.79 Å². The molecule has 3 nitrogen and oxygen atoms in total. The van der Waals surface area contributed by atoms with Crippen LogP contribution in [0.5, 0.6) is 0 Å². The van der Waals surface area contributed by atoms with Crippen LogP contribution in [0.3, 0.4) is 0 Å². The molecule has 86 valence electrons. The molecule has 0 aliphatic carbocycles. The molecule has 1 saturated heterocycles. The van der Waals surface area contributed by atoms with Crippen molar-refractivity contribution in [2.24, 2.45) is 0 Å². The Bertz CT molecular complexity index is 353. The van der Waals surface area contributed by atoms with Crippen LogP contribution >= 0.6 is 0 Å². The summed E-state index contributed by atoms with van der Waals surface area (Å²) in [5.74, 6) is 0.272. The van der Waals surface area contributed by atoms with E-state index in [4.69, 9.17) is 0 Å². The highest BCUT2D eigenvalue weighted by molar-refractivity contribution is 5.86. The molecular weight excluding hydrogens is 200 g/mol. The smallest absolute Gasteiger partial charge is 0.155 e. The van der Waals surface area contributed by atoms with Gasteiger partial charge in [0.05, 0.1) is 12.5 Å². The molecule has 0 radical (unpaired) electrons. The van der Waals surface area contributed by atoms with E-state index in [0.29, 0.717) is 6.42 Å². The predicted octanol–water partition coefficient (Wildman–Crippen LogP) is 1.51. The lowest BCUT2D eigenvalue weighted by Crippen LogP contribution is -2.32. The summed E-state index contributed by atoms with van der Waals surface area (Å²) in [7, 11) is 0. The number of nitrogens with one attached hydrogen (secondary N) is 1. The molecule has 1 fully saturated rings. The van der Waals surface area contributed by atoms with Crippen LogP contribution in [0.15, 0.2) is 18.3 Å². The Hall–Kier alpha value is -1.22. The first-order valence-electron chi connectivity index (χ1n) is 5.99. The Labute approximate surface area is 96.3 Å². The molecule has 1 unspecified atom stereocenters. The largest absolute Gasteiger partial charge is 0.307 e. The molecule has 2 heterocycles. The van der Waals surface area contributed by atoms with Crippen LogP contribution in [0, 0.1) is 0 Å². The first-order valence-corrected chi connectivity index (χ1v) is 5.99. The summed E-state index contributed by atoms with van der Waals surface area (Å²) in [4.78, 5) is 16.2. The number of ketones is 1. The van der Waals surface area contributed by atoms with Crippen LogP contribution in [0.1, 0.15) is 31.0 Å². The lowest BCUT2D eigenvalue weighted by atomic mass is 10.1. The Morgan fingerprint density at radius 2 is 2.44 bits per heavy atom. The van der Waals surface area contributed by atoms with Crippen molar-refractivity contribution < 1.29 is 4.79 Å². The van der Waals surface area contributed by atoms with Gasteiger partial charge < -0.3 is 5.32 Å². The average Bonchev–Trinajstić information content (AvgIpc) is 2.83. The minimum absolute atomic E-state index is 0.0626. The van der Waals surface area contributed by atoms with Crippen LogP contribution in [0.4, 0.5) is 0 Å².